The van der Waals surface area contributed by atoms with Crippen LogP contribution in [0.5, 0.6) is 0 Å². The standard InChI is InChI=1S/C16H21NO/c1-4-15(16-6-5-11-18-16)17-14-9-7-13(8-10-14)12(2)3/h5-12,15,17H,4H2,1-3H3. The van der Waals surface area contributed by atoms with Crippen molar-refractivity contribution in [2.75, 3.05) is 5.32 Å². The highest BCUT2D eigenvalue weighted by Gasteiger charge is 2.11. The lowest BCUT2D eigenvalue weighted by Gasteiger charge is -2.16. The highest BCUT2D eigenvalue weighted by atomic mass is 16.3. The van der Waals surface area contributed by atoms with Gasteiger partial charge in [0.25, 0.3) is 0 Å². The van der Waals surface area contributed by atoms with Gasteiger partial charge in [-0.3, -0.25) is 0 Å². The first-order chi connectivity index (χ1) is 8.70. The van der Waals surface area contributed by atoms with Gasteiger partial charge in [0.15, 0.2) is 0 Å². The third-order valence-corrected chi connectivity index (χ3v) is 3.21. The lowest BCUT2D eigenvalue weighted by Crippen LogP contribution is -2.08. The van der Waals surface area contributed by atoms with Crippen LogP contribution in [0.4, 0.5) is 5.69 Å². The number of rotatable bonds is 5. The van der Waals surface area contributed by atoms with Crippen molar-refractivity contribution in [2.24, 2.45) is 0 Å². The molecule has 1 unspecified atom stereocenters. The van der Waals surface area contributed by atoms with Crippen molar-refractivity contribution >= 4 is 5.69 Å². The number of benzene rings is 1. The summed E-state index contributed by atoms with van der Waals surface area (Å²) in [6.45, 7) is 6.57. The average molecular weight is 243 g/mol. The van der Waals surface area contributed by atoms with Crippen molar-refractivity contribution in [3.8, 4) is 0 Å². The van der Waals surface area contributed by atoms with E-state index in [1.54, 1.807) is 6.26 Å². The summed E-state index contributed by atoms with van der Waals surface area (Å²) >= 11 is 0. The summed E-state index contributed by atoms with van der Waals surface area (Å²) in [7, 11) is 0. The van der Waals surface area contributed by atoms with E-state index in [1.807, 2.05) is 12.1 Å². The summed E-state index contributed by atoms with van der Waals surface area (Å²) in [5.74, 6) is 1.57. The van der Waals surface area contributed by atoms with Crippen molar-refractivity contribution in [3.05, 3.63) is 54.0 Å². The van der Waals surface area contributed by atoms with Gasteiger partial charge < -0.3 is 9.73 Å². The quantitative estimate of drug-likeness (QED) is 0.802. The van der Waals surface area contributed by atoms with E-state index in [9.17, 15) is 0 Å². The molecule has 1 heterocycles. The van der Waals surface area contributed by atoms with Gasteiger partial charge in [0, 0.05) is 5.69 Å². The SMILES string of the molecule is CCC(Nc1ccc(C(C)C)cc1)c1ccco1. The van der Waals surface area contributed by atoms with Crippen molar-refractivity contribution in [1.29, 1.82) is 0 Å². The normalized spacial score (nSPS) is 12.7. The molecule has 2 nitrogen and oxygen atoms in total. The largest absolute Gasteiger partial charge is 0.467 e. The Morgan fingerprint density at radius 3 is 2.33 bits per heavy atom. The summed E-state index contributed by atoms with van der Waals surface area (Å²) in [5, 5.41) is 3.50. The van der Waals surface area contributed by atoms with Gasteiger partial charge in [-0.05, 0) is 42.2 Å². The molecule has 0 fully saturated rings. The third kappa shape index (κ3) is 2.95. The van der Waals surface area contributed by atoms with Gasteiger partial charge in [0.05, 0.1) is 12.3 Å². The van der Waals surface area contributed by atoms with Crippen LogP contribution in [0.3, 0.4) is 0 Å². The van der Waals surface area contributed by atoms with Gasteiger partial charge in [-0.2, -0.15) is 0 Å². The maximum Gasteiger partial charge on any atom is 0.125 e. The Bertz CT molecular complexity index is 456. The van der Waals surface area contributed by atoms with E-state index >= 15 is 0 Å². The van der Waals surface area contributed by atoms with Gasteiger partial charge >= 0.3 is 0 Å². The van der Waals surface area contributed by atoms with Crippen LogP contribution in [0, 0.1) is 0 Å². The third-order valence-electron chi connectivity index (χ3n) is 3.21. The molecule has 0 saturated carbocycles. The summed E-state index contributed by atoms with van der Waals surface area (Å²) in [4.78, 5) is 0. The van der Waals surface area contributed by atoms with Crippen LogP contribution in [-0.2, 0) is 0 Å². The fraction of sp³-hybridized carbons (Fsp3) is 0.375. The van der Waals surface area contributed by atoms with Crippen molar-refractivity contribution < 1.29 is 4.42 Å². The van der Waals surface area contributed by atoms with Gasteiger partial charge in [-0.15, -0.1) is 0 Å². The van der Waals surface area contributed by atoms with Crippen LogP contribution in [0.1, 0.15) is 50.5 Å². The van der Waals surface area contributed by atoms with Crippen LogP contribution in [0.15, 0.2) is 47.1 Å². The van der Waals surface area contributed by atoms with Crippen LogP contribution in [0.25, 0.3) is 0 Å². The molecule has 1 aromatic carbocycles. The number of anilines is 1. The van der Waals surface area contributed by atoms with E-state index in [0.717, 1.165) is 17.9 Å². The molecule has 1 aromatic heterocycles. The van der Waals surface area contributed by atoms with Gasteiger partial charge in [0.1, 0.15) is 5.76 Å². The molecule has 0 aliphatic heterocycles. The molecule has 2 heteroatoms. The lowest BCUT2D eigenvalue weighted by atomic mass is 10.0. The van der Waals surface area contributed by atoms with E-state index in [4.69, 9.17) is 4.42 Å². The topological polar surface area (TPSA) is 25.2 Å². The zero-order valence-electron chi connectivity index (χ0n) is 11.3. The van der Waals surface area contributed by atoms with Crippen molar-refractivity contribution in [2.45, 2.75) is 39.2 Å². The van der Waals surface area contributed by atoms with Gasteiger partial charge in [-0.1, -0.05) is 32.9 Å². The fourth-order valence-corrected chi connectivity index (χ4v) is 2.03. The number of hydrogen-bond acceptors (Lipinski definition) is 2. The molecule has 0 bridgehead atoms. The molecule has 0 saturated heterocycles. The molecule has 0 amide bonds. The van der Waals surface area contributed by atoms with E-state index in [0.29, 0.717) is 5.92 Å². The first kappa shape index (κ1) is 12.7. The first-order valence-electron chi connectivity index (χ1n) is 6.60. The minimum atomic E-state index is 0.241. The number of hydrogen-bond donors (Lipinski definition) is 1. The Kier molecular flexibility index (Phi) is 4.08. The molecule has 0 radical (unpaired) electrons. The molecule has 96 valence electrons. The Hall–Kier alpha value is -1.70. The number of nitrogens with one attached hydrogen (secondary N) is 1. The summed E-state index contributed by atoms with van der Waals surface area (Å²) in [5.41, 5.74) is 2.51. The van der Waals surface area contributed by atoms with Crippen LogP contribution in [0.2, 0.25) is 0 Å². The molecule has 1 N–H and O–H groups in total. The monoisotopic (exact) mass is 243 g/mol. The van der Waals surface area contributed by atoms with Gasteiger partial charge in [-0.25, -0.2) is 0 Å². The molecule has 0 aliphatic rings. The molecule has 0 aliphatic carbocycles. The second kappa shape index (κ2) is 5.76. The van der Waals surface area contributed by atoms with Gasteiger partial charge in [0.2, 0.25) is 0 Å². The average Bonchev–Trinajstić information content (AvgIpc) is 2.90. The summed E-state index contributed by atoms with van der Waals surface area (Å²) in [6, 6.07) is 12.8. The van der Waals surface area contributed by atoms with Crippen LogP contribution < -0.4 is 5.32 Å². The summed E-state index contributed by atoms with van der Waals surface area (Å²) in [6.07, 6.45) is 2.72. The fourth-order valence-electron chi connectivity index (χ4n) is 2.03. The Labute approximate surface area is 109 Å². The Morgan fingerprint density at radius 2 is 1.83 bits per heavy atom. The molecule has 1 atom stereocenters. The zero-order chi connectivity index (χ0) is 13.0. The predicted molar refractivity (Wildman–Crippen MR) is 75.9 cm³/mol. The van der Waals surface area contributed by atoms with E-state index in [-0.39, 0.29) is 6.04 Å². The predicted octanol–water partition coefficient (Wildman–Crippen LogP) is 4.97. The van der Waals surface area contributed by atoms with E-state index in [1.165, 1.54) is 5.56 Å². The minimum Gasteiger partial charge on any atom is -0.467 e. The van der Waals surface area contributed by atoms with Crippen LogP contribution >= 0.6 is 0 Å². The lowest BCUT2D eigenvalue weighted by molar-refractivity contribution is 0.474. The van der Waals surface area contributed by atoms with E-state index < -0.39 is 0 Å². The highest BCUT2D eigenvalue weighted by Crippen LogP contribution is 2.24. The second-order valence-electron chi connectivity index (χ2n) is 4.90. The van der Waals surface area contributed by atoms with E-state index in [2.05, 4.69) is 50.4 Å². The number of furan rings is 1. The minimum absolute atomic E-state index is 0.241. The van der Waals surface area contributed by atoms with Crippen molar-refractivity contribution in [1.82, 2.24) is 0 Å². The second-order valence-corrected chi connectivity index (χ2v) is 4.90. The van der Waals surface area contributed by atoms with Crippen LogP contribution in [-0.4, -0.2) is 0 Å². The molecular weight excluding hydrogens is 222 g/mol. The highest BCUT2D eigenvalue weighted by molar-refractivity contribution is 5.46. The maximum atomic E-state index is 5.46. The molecule has 18 heavy (non-hydrogen) atoms. The maximum absolute atomic E-state index is 5.46. The molecule has 2 rings (SSSR count). The molecule has 2 aromatic rings. The smallest absolute Gasteiger partial charge is 0.125 e. The first-order valence-corrected chi connectivity index (χ1v) is 6.60. The Balaban J connectivity index is 2.08. The molecular formula is C16H21NO. The zero-order valence-corrected chi connectivity index (χ0v) is 11.3. The van der Waals surface area contributed by atoms with Crippen molar-refractivity contribution in [3.63, 3.8) is 0 Å². The summed E-state index contributed by atoms with van der Waals surface area (Å²) < 4.78 is 5.46. The Morgan fingerprint density at radius 1 is 1.11 bits per heavy atom. The molecule has 0 spiro atoms.